The quantitative estimate of drug-likeness (QED) is 0.817. The van der Waals surface area contributed by atoms with E-state index in [0.717, 1.165) is 44.1 Å². The summed E-state index contributed by atoms with van der Waals surface area (Å²) in [6.07, 6.45) is 2.19. The first kappa shape index (κ1) is 11.6. The lowest BCUT2D eigenvalue weighted by atomic mass is 10.1. The monoisotopic (exact) mass is 245 g/mol. The van der Waals surface area contributed by atoms with Gasteiger partial charge in [0.2, 0.25) is 0 Å². The SMILES string of the molecule is Cn1cc(CN2CCOCC2)c2cccc(N)c21. The van der Waals surface area contributed by atoms with Gasteiger partial charge in [0.15, 0.2) is 0 Å². The average Bonchev–Trinajstić information content (AvgIpc) is 2.69. The molecule has 0 atom stereocenters. The second-order valence-electron chi connectivity index (χ2n) is 4.90. The molecule has 1 fully saturated rings. The van der Waals surface area contributed by atoms with Crippen molar-refractivity contribution in [2.75, 3.05) is 32.0 Å². The second kappa shape index (κ2) is 4.63. The molecule has 1 aliphatic rings. The number of para-hydroxylation sites is 1. The van der Waals surface area contributed by atoms with Crippen molar-refractivity contribution in [1.82, 2.24) is 9.47 Å². The van der Waals surface area contributed by atoms with Crippen LogP contribution < -0.4 is 5.73 Å². The molecule has 0 bridgehead atoms. The molecule has 1 aromatic heterocycles. The van der Waals surface area contributed by atoms with Gasteiger partial charge in [0.05, 0.1) is 24.4 Å². The van der Waals surface area contributed by atoms with Gasteiger partial charge in [0, 0.05) is 38.3 Å². The first-order valence-electron chi connectivity index (χ1n) is 6.38. The first-order valence-corrected chi connectivity index (χ1v) is 6.38. The Bertz CT molecular complexity index is 555. The van der Waals surface area contributed by atoms with E-state index in [2.05, 4.69) is 28.8 Å². The highest BCUT2D eigenvalue weighted by atomic mass is 16.5. The summed E-state index contributed by atoms with van der Waals surface area (Å²) in [6.45, 7) is 4.68. The molecular weight excluding hydrogens is 226 g/mol. The summed E-state index contributed by atoms with van der Waals surface area (Å²) >= 11 is 0. The molecular formula is C14H19N3O. The normalized spacial score (nSPS) is 17.4. The fraction of sp³-hybridized carbons (Fsp3) is 0.429. The number of hydrogen-bond donors (Lipinski definition) is 1. The number of aromatic nitrogens is 1. The maximum Gasteiger partial charge on any atom is 0.0714 e. The molecule has 1 saturated heterocycles. The van der Waals surface area contributed by atoms with Gasteiger partial charge in [0.25, 0.3) is 0 Å². The third-order valence-corrected chi connectivity index (χ3v) is 3.61. The molecule has 0 spiro atoms. The summed E-state index contributed by atoms with van der Waals surface area (Å²) in [4.78, 5) is 2.43. The van der Waals surface area contributed by atoms with Crippen molar-refractivity contribution in [1.29, 1.82) is 0 Å². The Morgan fingerprint density at radius 1 is 1.28 bits per heavy atom. The maximum atomic E-state index is 6.05. The van der Waals surface area contributed by atoms with Crippen LogP contribution in [0.25, 0.3) is 10.9 Å². The zero-order chi connectivity index (χ0) is 12.5. The number of nitrogens with zero attached hydrogens (tertiary/aromatic N) is 2. The number of hydrogen-bond acceptors (Lipinski definition) is 3. The number of fused-ring (bicyclic) bond motifs is 1. The van der Waals surface area contributed by atoms with E-state index in [9.17, 15) is 0 Å². The van der Waals surface area contributed by atoms with Crippen LogP contribution in [0.15, 0.2) is 24.4 Å². The van der Waals surface area contributed by atoms with Gasteiger partial charge in [-0.05, 0) is 11.6 Å². The van der Waals surface area contributed by atoms with Gasteiger partial charge in [-0.2, -0.15) is 0 Å². The van der Waals surface area contributed by atoms with Gasteiger partial charge < -0.3 is 15.0 Å². The minimum atomic E-state index is 0.840. The summed E-state index contributed by atoms with van der Waals surface area (Å²) in [6, 6.07) is 6.14. The van der Waals surface area contributed by atoms with Crippen LogP contribution in [-0.4, -0.2) is 35.8 Å². The van der Waals surface area contributed by atoms with Crippen molar-refractivity contribution in [3.05, 3.63) is 30.0 Å². The van der Waals surface area contributed by atoms with Crippen molar-refractivity contribution >= 4 is 16.6 Å². The molecule has 0 aliphatic carbocycles. The number of morpholine rings is 1. The topological polar surface area (TPSA) is 43.4 Å². The molecule has 4 nitrogen and oxygen atoms in total. The van der Waals surface area contributed by atoms with Crippen molar-refractivity contribution in [2.24, 2.45) is 7.05 Å². The molecule has 2 N–H and O–H groups in total. The molecule has 4 heteroatoms. The van der Waals surface area contributed by atoms with Crippen LogP contribution in [0, 0.1) is 0 Å². The Kier molecular flexibility index (Phi) is 2.97. The van der Waals surface area contributed by atoms with E-state index in [1.54, 1.807) is 0 Å². The van der Waals surface area contributed by atoms with Gasteiger partial charge >= 0.3 is 0 Å². The predicted octanol–water partition coefficient (Wildman–Crippen LogP) is 1.59. The number of anilines is 1. The molecule has 0 saturated carbocycles. The minimum absolute atomic E-state index is 0.840. The van der Waals surface area contributed by atoms with E-state index >= 15 is 0 Å². The highest BCUT2D eigenvalue weighted by molar-refractivity contribution is 5.93. The van der Waals surface area contributed by atoms with Crippen LogP contribution in [0.4, 0.5) is 5.69 Å². The highest BCUT2D eigenvalue weighted by Gasteiger charge is 2.14. The van der Waals surface area contributed by atoms with E-state index in [-0.39, 0.29) is 0 Å². The third kappa shape index (κ3) is 1.98. The number of nitrogens with two attached hydrogens (primary N) is 1. The summed E-state index contributed by atoms with van der Waals surface area (Å²) in [5, 5.41) is 1.27. The van der Waals surface area contributed by atoms with Gasteiger partial charge in [0.1, 0.15) is 0 Å². The highest BCUT2D eigenvalue weighted by Crippen LogP contribution is 2.26. The van der Waals surface area contributed by atoms with Crippen molar-refractivity contribution in [3.8, 4) is 0 Å². The molecule has 0 amide bonds. The van der Waals surface area contributed by atoms with Gasteiger partial charge in [-0.25, -0.2) is 0 Å². The van der Waals surface area contributed by atoms with Gasteiger partial charge in [-0.3, -0.25) is 4.90 Å². The Labute approximate surface area is 107 Å². The first-order chi connectivity index (χ1) is 8.75. The third-order valence-electron chi connectivity index (χ3n) is 3.61. The maximum absolute atomic E-state index is 6.05. The molecule has 1 aliphatic heterocycles. The van der Waals surface area contributed by atoms with Gasteiger partial charge in [-0.1, -0.05) is 12.1 Å². The Hall–Kier alpha value is -1.52. The van der Waals surface area contributed by atoms with Crippen LogP contribution in [0.5, 0.6) is 0 Å². The lowest BCUT2D eigenvalue weighted by Gasteiger charge is -2.26. The predicted molar refractivity (Wildman–Crippen MR) is 73.4 cm³/mol. The van der Waals surface area contributed by atoms with E-state index < -0.39 is 0 Å². The molecule has 2 aromatic rings. The van der Waals surface area contributed by atoms with E-state index in [1.165, 1.54) is 10.9 Å². The zero-order valence-electron chi connectivity index (χ0n) is 10.7. The molecule has 3 rings (SSSR count). The van der Waals surface area contributed by atoms with Crippen molar-refractivity contribution in [3.63, 3.8) is 0 Å². The number of nitrogen functional groups attached to an aromatic ring is 1. The standard InChI is InChI=1S/C14H19N3O/c1-16-9-11(10-17-5-7-18-8-6-17)12-3-2-4-13(15)14(12)16/h2-4,9H,5-8,10,15H2,1H3. The Morgan fingerprint density at radius 2 is 2.06 bits per heavy atom. The molecule has 0 radical (unpaired) electrons. The molecule has 2 heterocycles. The van der Waals surface area contributed by atoms with Crippen LogP contribution in [0.1, 0.15) is 5.56 Å². The summed E-state index contributed by atoms with van der Waals surface area (Å²) in [5.74, 6) is 0. The molecule has 0 unspecified atom stereocenters. The smallest absolute Gasteiger partial charge is 0.0714 e. The largest absolute Gasteiger partial charge is 0.397 e. The van der Waals surface area contributed by atoms with Crippen LogP contribution in [0.3, 0.4) is 0 Å². The fourth-order valence-corrected chi connectivity index (χ4v) is 2.71. The fourth-order valence-electron chi connectivity index (χ4n) is 2.71. The Balaban J connectivity index is 1.94. The number of aryl methyl sites for hydroxylation is 1. The number of rotatable bonds is 2. The lowest BCUT2D eigenvalue weighted by Crippen LogP contribution is -2.35. The van der Waals surface area contributed by atoms with E-state index in [1.807, 2.05) is 12.1 Å². The second-order valence-corrected chi connectivity index (χ2v) is 4.90. The van der Waals surface area contributed by atoms with Crippen molar-refractivity contribution in [2.45, 2.75) is 6.54 Å². The summed E-state index contributed by atoms with van der Waals surface area (Å²) < 4.78 is 7.51. The van der Waals surface area contributed by atoms with Gasteiger partial charge in [-0.15, -0.1) is 0 Å². The summed E-state index contributed by atoms with van der Waals surface area (Å²) in [7, 11) is 2.06. The minimum Gasteiger partial charge on any atom is -0.397 e. The molecule has 1 aromatic carbocycles. The summed E-state index contributed by atoms with van der Waals surface area (Å²) in [5.41, 5.74) is 9.39. The van der Waals surface area contributed by atoms with Crippen molar-refractivity contribution < 1.29 is 4.74 Å². The Morgan fingerprint density at radius 3 is 2.83 bits per heavy atom. The van der Waals surface area contributed by atoms with E-state index in [4.69, 9.17) is 10.5 Å². The zero-order valence-corrected chi connectivity index (χ0v) is 10.7. The molecule has 96 valence electrons. The lowest BCUT2D eigenvalue weighted by molar-refractivity contribution is 0.0343. The van der Waals surface area contributed by atoms with Crippen LogP contribution >= 0.6 is 0 Å². The van der Waals surface area contributed by atoms with E-state index in [0.29, 0.717) is 0 Å². The number of benzene rings is 1. The van der Waals surface area contributed by atoms with Crippen LogP contribution in [-0.2, 0) is 18.3 Å². The average molecular weight is 245 g/mol. The number of ether oxygens (including phenoxy) is 1. The van der Waals surface area contributed by atoms with Crippen LogP contribution in [0.2, 0.25) is 0 Å². The molecule has 18 heavy (non-hydrogen) atoms.